The number of nitrogens with zero attached hydrogens (tertiary/aromatic N) is 3. The van der Waals surface area contributed by atoms with Gasteiger partial charge < -0.3 is 15.0 Å². The number of aromatic nitrogens is 2. The number of ether oxygens (including phenoxy) is 1. The summed E-state index contributed by atoms with van der Waals surface area (Å²) >= 11 is 0. The van der Waals surface area contributed by atoms with Crippen LogP contribution in [0.1, 0.15) is 13.8 Å². The molecule has 23 heavy (non-hydrogen) atoms. The number of anilines is 1. The predicted octanol–water partition coefficient (Wildman–Crippen LogP) is 2.69. The van der Waals surface area contributed by atoms with Crippen LogP contribution in [0.4, 0.5) is 10.2 Å². The Kier molecular flexibility index (Phi) is 5.85. The molecule has 7 heteroatoms. The highest BCUT2D eigenvalue weighted by atomic mass is 19.1. The summed E-state index contributed by atoms with van der Waals surface area (Å²) in [5, 5.41) is 3.08. The van der Waals surface area contributed by atoms with Gasteiger partial charge in [-0.05, 0) is 19.1 Å². The van der Waals surface area contributed by atoms with Crippen LogP contribution in [0.5, 0.6) is 11.6 Å². The lowest BCUT2D eigenvalue weighted by molar-refractivity contribution is -0.128. The molecule has 0 radical (unpaired) electrons. The van der Waals surface area contributed by atoms with Gasteiger partial charge in [-0.2, -0.15) is 4.98 Å². The second-order valence-electron chi connectivity index (χ2n) is 4.83. The lowest BCUT2D eigenvalue weighted by atomic mass is 10.3. The van der Waals surface area contributed by atoms with Gasteiger partial charge in [-0.15, -0.1) is 0 Å². The number of halogens is 1. The molecule has 0 aliphatic carbocycles. The van der Waals surface area contributed by atoms with Crippen molar-refractivity contribution in [2.45, 2.75) is 13.8 Å². The van der Waals surface area contributed by atoms with E-state index >= 15 is 0 Å². The molecule has 122 valence electrons. The Bertz CT molecular complexity index is 666. The van der Waals surface area contributed by atoms with E-state index < -0.39 is 0 Å². The molecule has 0 spiro atoms. The first-order chi connectivity index (χ1) is 11.1. The van der Waals surface area contributed by atoms with Crippen molar-refractivity contribution in [2.24, 2.45) is 0 Å². The normalized spacial score (nSPS) is 10.2. The Labute approximate surface area is 134 Å². The highest BCUT2D eigenvalue weighted by molar-refractivity contribution is 5.73. The van der Waals surface area contributed by atoms with Crippen molar-refractivity contribution in [3.8, 4) is 11.6 Å². The first-order valence-electron chi connectivity index (χ1n) is 7.33. The Morgan fingerprint density at radius 2 is 2.22 bits per heavy atom. The van der Waals surface area contributed by atoms with Crippen molar-refractivity contribution >= 4 is 11.7 Å². The van der Waals surface area contributed by atoms with E-state index in [1.165, 1.54) is 25.3 Å². The van der Waals surface area contributed by atoms with Crippen molar-refractivity contribution < 1.29 is 13.9 Å². The maximum Gasteiger partial charge on any atom is 0.239 e. The number of rotatable bonds is 7. The van der Waals surface area contributed by atoms with Crippen LogP contribution in [-0.2, 0) is 4.79 Å². The van der Waals surface area contributed by atoms with Gasteiger partial charge in [-0.1, -0.05) is 6.07 Å². The van der Waals surface area contributed by atoms with Gasteiger partial charge in [-0.25, -0.2) is 4.39 Å². The fourth-order valence-corrected chi connectivity index (χ4v) is 1.99. The molecule has 0 unspecified atom stereocenters. The summed E-state index contributed by atoms with van der Waals surface area (Å²) in [5.74, 6) is 0.792. The van der Waals surface area contributed by atoms with Crippen LogP contribution in [-0.4, -0.2) is 40.4 Å². The molecule has 1 aromatic heterocycles. The average molecular weight is 318 g/mol. The minimum Gasteiger partial charge on any atom is -0.437 e. The molecule has 0 saturated heterocycles. The molecule has 1 N–H and O–H groups in total. The van der Waals surface area contributed by atoms with Gasteiger partial charge in [0.15, 0.2) is 0 Å². The number of carbonyl (C=O) groups is 1. The van der Waals surface area contributed by atoms with Crippen LogP contribution in [0.15, 0.2) is 36.7 Å². The number of likely N-dealkylation sites (N-methyl/N-ethyl adjacent to an activating group) is 1. The van der Waals surface area contributed by atoms with Crippen LogP contribution in [0, 0.1) is 5.82 Å². The maximum atomic E-state index is 13.1. The predicted molar refractivity (Wildman–Crippen MR) is 84.9 cm³/mol. The number of benzene rings is 1. The van der Waals surface area contributed by atoms with Crippen molar-refractivity contribution in [3.63, 3.8) is 0 Å². The number of hydrogen-bond donors (Lipinski definition) is 1. The van der Waals surface area contributed by atoms with E-state index in [0.29, 0.717) is 31.2 Å². The first-order valence-corrected chi connectivity index (χ1v) is 7.33. The lowest BCUT2D eigenvalue weighted by Gasteiger charge is -2.19. The zero-order valence-corrected chi connectivity index (χ0v) is 13.1. The number of nitrogens with one attached hydrogen (secondary N) is 1. The van der Waals surface area contributed by atoms with Gasteiger partial charge in [0.2, 0.25) is 11.8 Å². The summed E-state index contributed by atoms with van der Waals surface area (Å²) in [5.41, 5.74) is 0. The summed E-state index contributed by atoms with van der Waals surface area (Å²) in [7, 11) is 0. The van der Waals surface area contributed by atoms with Gasteiger partial charge in [-0.3, -0.25) is 9.78 Å². The van der Waals surface area contributed by atoms with E-state index in [9.17, 15) is 9.18 Å². The molecule has 0 atom stereocenters. The number of carbonyl (C=O) groups excluding carboxylic acids is 1. The minimum absolute atomic E-state index is 0.0311. The van der Waals surface area contributed by atoms with Crippen LogP contribution in [0.3, 0.4) is 0 Å². The Balaban J connectivity index is 1.93. The van der Waals surface area contributed by atoms with Crippen molar-refractivity contribution in [1.82, 2.24) is 14.9 Å². The maximum absolute atomic E-state index is 13.1. The van der Waals surface area contributed by atoms with Crippen molar-refractivity contribution in [1.29, 1.82) is 0 Å². The molecule has 1 heterocycles. The molecule has 0 aliphatic rings. The van der Waals surface area contributed by atoms with Gasteiger partial charge in [0, 0.05) is 32.6 Å². The Hall–Kier alpha value is -2.70. The molecule has 0 bridgehead atoms. The van der Waals surface area contributed by atoms with Gasteiger partial charge in [0.05, 0.1) is 12.4 Å². The van der Waals surface area contributed by atoms with Crippen LogP contribution >= 0.6 is 0 Å². The standard InChI is InChI=1S/C16H19FN4O2/c1-3-21(12(2)22)8-7-19-15-10-18-11-16(20-15)23-14-6-4-5-13(17)9-14/h4-6,9-11H,3,7-8H2,1-2H3,(H,19,20). The summed E-state index contributed by atoms with van der Waals surface area (Å²) in [6, 6.07) is 5.80. The van der Waals surface area contributed by atoms with Gasteiger partial charge in [0.1, 0.15) is 17.4 Å². The van der Waals surface area contributed by atoms with E-state index in [1.807, 2.05) is 6.92 Å². The van der Waals surface area contributed by atoms with E-state index in [1.54, 1.807) is 23.2 Å². The first kappa shape index (κ1) is 16.7. The topological polar surface area (TPSA) is 67.3 Å². The third-order valence-corrected chi connectivity index (χ3v) is 3.15. The Morgan fingerprint density at radius 1 is 1.39 bits per heavy atom. The molecule has 0 saturated carbocycles. The van der Waals surface area contributed by atoms with Crippen molar-refractivity contribution in [2.75, 3.05) is 25.0 Å². The third kappa shape index (κ3) is 5.21. The number of hydrogen-bond acceptors (Lipinski definition) is 5. The SMILES string of the molecule is CCN(CCNc1cncc(Oc2cccc(F)c2)n1)C(C)=O. The molecule has 2 rings (SSSR count). The highest BCUT2D eigenvalue weighted by Gasteiger charge is 2.06. The largest absolute Gasteiger partial charge is 0.437 e. The van der Waals surface area contributed by atoms with Crippen LogP contribution in [0.25, 0.3) is 0 Å². The molecule has 1 aromatic carbocycles. The van der Waals surface area contributed by atoms with Crippen LogP contribution in [0.2, 0.25) is 0 Å². The minimum atomic E-state index is -0.381. The van der Waals surface area contributed by atoms with E-state index in [4.69, 9.17) is 4.74 Å². The summed E-state index contributed by atoms with van der Waals surface area (Å²) in [6.45, 7) is 5.24. The number of amides is 1. The zero-order chi connectivity index (χ0) is 16.7. The fourth-order valence-electron chi connectivity index (χ4n) is 1.99. The van der Waals surface area contributed by atoms with E-state index in [2.05, 4.69) is 15.3 Å². The molecule has 2 aromatic rings. The third-order valence-electron chi connectivity index (χ3n) is 3.15. The molecule has 0 fully saturated rings. The average Bonchev–Trinajstić information content (AvgIpc) is 2.51. The molecular formula is C16H19FN4O2. The second kappa shape index (κ2) is 8.07. The second-order valence-corrected chi connectivity index (χ2v) is 4.83. The van der Waals surface area contributed by atoms with E-state index in [-0.39, 0.29) is 17.6 Å². The monoisotopic (exact) mass is 318 g/mol. The Morgan fingerprint density at radius 3 is 2.91 bits per heavy atom. The smallest absolute Gasteiger partial charge is 0.239 e. The lowest BCUT2D eigenvalue weighted by Crippen LogP contribution is -2.33. The molecule has 1 amide bonds. The van der Waals surface area contributed by atoms with Crippen LogP contribution < -0.4 is 10.1 Å². The summed E-state index contributed by atoms with van der Waals surface area (Å²) in [4.78, 5) is 21.3. The molecule has 6 nitrogen and oxygen atoms in total. The van der Waals surface area contributed by atoms with Gasteiger partial charge >= 0.3 is 0 Å². The fraction of sp³-hybridized carbons (Fsp3) is 0.312. The molecular weight excluding hydrogens is 299 g/mol. The highest BCUT2D eigenvalue weighted by Crippen LogP contribution is 2.20. The van der Waals surface area contributed by atoms with Gasteiger partial charge in [0.25, 0.3) is 0 Å². The van der Waals surface area contributed by atoms with Crippen molar-refractivity contribution in [3.05, 3.63) is 42.5 Å². The molecule has 0 aliphatic heterocycles. The zero-order valence-electron chi connectivity index (χ0n) is 13.1. The summed E-state index contributed by atoms with van der Waals surface area (Å²) in [6.07, 6.45) is 3.01. The van der Waals surface area contributed by atoms with E-state index in [0.717, 1.165) is 0 Å². The quantitative estimate of drug-likeness (QED) is 0.850. The summed E-state index contributed by atoms with van der Waals surface area (Å²) < 4.78 is 18.6.